The van der Waals surface area contributed by atoms with Gasteiger partial charge in [-0.25, -0.2) is 24.3 Å². The summed E-state index contributed by atoms with van der Waals surface area (Å²) in [6.45, 7) is 6.94. The van der Waals surface area contributed by atoms with Crippen LogP contribution < -0.4 is 14.7 Å². The van der Waals surface area contributed by atoms with Crippen LogP contribution in [0.1, 0.15) is 11.1 Å². The summed E-state index contributed by atoms with van der Waals surface area (Å²) in [6.07, 6.45) is 3.64. The van der Waals surface area contributed by atoms with E-state index >= 15 is 0 Å². The molecule has 5 aromatic carbocycles. The van der Waals surface area contributed by atoms with Crippen molar-refractivity contribution in [3.63, 3.8) is 0 Å². The van der Waals surface area contributed by atoms with Gasteiger partial charge < -0.3 is 16.0 Å². The molecule has 4 heteroatoms. The van der Waals surface area contributed by atoms with Gasteiger partial charge in [-0.15, -0.1) is 23.8 Å². The van der Waals surface area contributed by atoms with Gasteiger partial charge in [-0.3, -0.25) is 0 Å². The molecule has 0 aromatic heterocycles. The first kappa shape index (κ1) is 31.0. The molecule has 1 atom stereocenters. The molecule has 0 spiro atoms. The summed E-state index contributed by atoms with van der Waals surface area (Å²) in [5.41, 5.74) is 2.14. The number of rotatable bonds is 6. The molecule has 0 N–H and O–H groups in total. The average molecular weight is 594 g/mol. The fourth-order valence-electron chi connectivity index (χ4n) is 3.70. The predicted molar refractivity (Wildman–Crippen MR) is 159 cm³/mol. The molecule has 0 bridgehead atoms. The van der Waals surface area contributed by atoms with E-state index in [1.807, 2.05) is 103 Å². The van der Waals surface area contributed by atoms with Crippen molar-refractivity contribution in [3.8, 4) is 11.5 Å². The van der Waals surface area contributed by atoms with Crippen LogP contribution in [0.25, 0.3) is 5.20 Å². The van der Waals surface area contributed by atoms with E-state index in [0.717, 1.165) is 27.8 Å². The molecule has 0 aliphatic rings. The van der Waals surface area contributed by atoms with Gasteiger partial charge in [0, 0.05) is 0 Å². The van der Waals surface area contributed by atoms with Gasteiger partial charge in [0.2, 0.25) is 0 Å². The quantitative estimate of drug-likeness (QED) is 0.114. The van der Waals surface area contributed by atoms with E-state index in [4.69, 9.17) is 9.47 Å². The minimum Gasteiger partial charge on any atom is -0.498 e. The van der Waals surface area contributed by atoms with Crippen molar-refractivity contribution in [1.82, 2.24) is 0 Å². The van der Waals surface area contributed by atoms with Crippen LogP contribution >= 0.6 is 0 Å². The van der Waals surface area contributed by atoms with E-state index < -0.39 is 8.07 Å². The standard InChI is InChI=1S/C24H24O2Si.2C5H5.Zr/c1-25-21-14-10-19(11-15-21)18-24(20-12-16-22(26-2)17-13-20)27(3,4)23-8-6-5-7-9-23;2*1-2-4-5-3-1;/h5-17H,3H2,1-2,4H3;2*1-5H;/q-2;2*-1;+4. The molecule has 0 radical (unpaired) electrons. The Morgan fingerprint density at radius 1 is 0.658 bits per heavy atom. The van der Waals surface area contributed by atoms with Gasteiger partial charge in [0.25, 0.3) is 0 Å². The Morgan fingerprint density at radius 3 is 1.50 bits per heavy atom. The van der Waals surface area contributed by atoms with Gasteiger partial charge in [0.05, 0.1) is 14.2 Å². The normalized spacial score (nSPS) is 11.8. The van der Waals surface area contributed by atoms with E-state index in [-0.39, 0.29) is 26.2 Å². The monoisotopic (exact) mass is 592 g/mol. The summed E-state index contributed by atoms with van der Waals surface area (Å²) < 4.78 is 10.6. The maximum atomic E-state index is 5.32. The van der Waals surface area contributed by atoms with Crippen LogP contribution in [0, 0.1) is 12.6 Å². The third kappa shape index (κ3) is 9.59. The molecule has 0 fully saturated rings. The Kier molecular flexibility index (Phi) is 13.6. The fourth-order valence-corrected chi connectivity index (χ4v) is 6.14. The summed E-state index contributed by atoms with van der Waals surface area (Å²) >= 11 is 0. The van der Waals surface area contributed by atoms with Crippen LogP contribution in [-0.2, 0) is 26.2 Å². The number of hydrogen-bond donors (Lipinski definition) is 0. The van der Waals surface area contributed by atoms with Gasteiger partial charge in [0.15, 0.2) is 0 Å². The Labute approximate surface area is 248 Å². The summed E-state index contributed by atoms with van der Waals surface area (Å²) in [6, 6.07) is 46.6. The van der Waals surface area contributed by atoms with Gasteiger partial charge in [-0.2, -0.15) is 41.6 Å². The number of ether oxygens (including phenoxy) is 2. The minimum atomic E-state index is -2.20. The molecule has 0 saturated carbocycles. The zero-order valence-electron chi connectivity index (χ0n) is 22.3. The van der Waals surface area contributed by atoms with Crippen molar-refractivity contribution in [3.05, 3.63) is 163 Å². The van der Waals surface area contributed by atoms with Gasteiger partial charge in [0.1, 0.15) is 11.5 Å². The largest absolute Gasteiger partial charge is 4.00 e. The molecule has 38 heavy (non-hydrogen) atoms. The second kappa shape index (κ2) is 16.6. The zero-order chi connectivity index (χ0) is 26.3. The summed E-state index contributed by atoms with van der Waals surface area (Å²) in [4.78, 5) is 0. The van der Waals surface area contributed by atoms with Crippen molar-refractivity contribution < 1.29 is 35.7 Å². The fraction of sp³-hybridized carbons (Fsp3) is 0.0882. The molecular formula is C34H34O2SiZr. The molecular weight excluding hydrogens is 560 g/mol. The molecule has 2 nitrogen and oxygen atoms in total. The van der Waals surface area contributed by atoms with Crippen LogP contribution in [-0.4, -0.2) is 22.3 Å². The minimum absolute atomic E-state index is 0. The van der Waals surface area contributed by atoms with Crippen molar-refractivity contribution in [2.24, 2.45) is 0 Å². The van der Waals surface area contributed by atoms with E-state index in [9.17, 15) is 0 Å². The van der Waals surface area contributed by atoms with Gasteiger partial charge in [-0.1, -0.05) is 80.0 Å². The molecule has 0 saturated heterocycles. The average Bonchev–Trinajstić information content (AvgIpc) is 3.73. The second-order valence-corrected chi connectivity index (χ2v) is 12.3. The third-order valence-corrected chi connectivity index (χ3v) is 8.94. The van der Waals surface area contributed by atoms with E-state index in [1.165, 1.54) is 5.19 Å². The Balaban J connectivity index is 0.000000382. The summed E-state index contributed by atoms with van der Waals surface area (Å²) in [7, 11) is 1.15. The molecule has 0 amide bonds. The Morgan fingerprint density at radius 2 is 1.11 bits per heavy atom. The van der Waals surface area contributed by atoms with Crippen LogP contribution in [0.2, 0.25) is 6.55 Å². The van der Waals surface area contributed by atoms with E-state index in [0.29, 0.717) is 0 Å². The number of benzene rings is 3. The van der Waals surface area contributed by atoms with E-state index in [1.54, 1.807) is 14.2 Å². The smallest absolute Gasteiger partial charge is 0.498 e. The predicted octanol–water partition coefficient (Wildman–Crippen LogP) is 7.65. The zero-order valence-corrected chi connectivity index (χ0v) is 25.8. The molecule has 5 aromatic rings. The van der Waals surface area contributed by atoms with Crippen LogP contribution in [0.4, 0.5) is 0 Å². The first-order valence-corrected chi connectivity index (χ1v) is 14.9. The molecule has 0 aliphatic heterocycles. The third-order valence-electron chi connectivity index (χ3n) is 5.81. The van der Waals surface area contributed by atoms with Crippen molar-refractivity contribution in [1.29, 1.82) is 0 Å². The van der Waals surface area contributed by atoms with E-state index in [2.05, 4.69) is 55.6 Å². The topological polar surface area (TPSA) is 18.5 Å². The summed E-state index contributed by atoms with van der Waals surface area (Å²) in [5.74, 6) is 1.68. The SMILES string of the molecule is [CH2-][Si](C)(C(=[C-]c1ccc(OC)cc1)c1ccc(OC)cc1)c1ccccc1.[Zr+4].c1cc[cH-]c1.c1cc[cH-]c1. The molecule has 0 aliphatic carbocycles. The second-order valence-electron chi connectivity index (χ2n) is 8.58. The molecule has 190 valence electrons. The first-order valence-electron chi connectivity index (χ1n) is 12.2. The van der Waals surface area contributed by atoms with Crippen LogP contribution in [0.3, 0.4) is 0 Å². The number of methoxy groups -OCH3 is 2. The van der Waals surface area contributed by atoms with Crippen LogP contribution in [0.5, 0.6) is 11.5 Å². The Hall–Kier alpha value is -3.20. The van der Waals surface area contributed by atoms with Crippen molar-refractivity contribution in [2.75, 3.05) is 14.2 Å². The van der Waals surface area contributed by atoms with Crippen LogP contribution in [0.15, 0.2) is 140 Å². The van der Waals surface area contributed by atoms with Gasteiger partial charge in [-0.05, 0) is 12.1 Å². The van der Waals surface area contributed by atoms with Crippen molar-refractivity contribution in [2.45, 2.75) is 6.55 Å². The maximum Gasteiger partial charge on any atom is 4.00 e. The molecule has 1 unspecified atom stereocenters. The van der Waals surface area contributed by atoms with Gasteiger partial charge >= 0.3 is 26.2 Å². The Bertz CT molecular complexity index is 1210. The first-order chi connectivity index (χ1) is 18.0. The summed E-state index contributed by atoms with van der Waals surface area (Å²) in [5, 5.41) is 2.43. The molecule has 5 rings (SSSR count). The number of hydrogen-bond acceptors (Lipinski definition) is 2. The molecule has 0 heterocycles. The van der Waals surface area contributed by atoms with Crippen molar-refractivity contribution >= 4 is 18.5 Å². The maximum absolute atomic E-state index is 5.32.